The smallest absolute Gasteiger partial charge is 0.657 e. The molecule has 1 saturated heterocycles. The molecule has 6 heterocycles. The van der Waals surface area contributed by atoms with E-state index in [-0.39, 0.29) is 17.1 Å². The zero-order valence-electron chi connectivity index (χ0n) is 30.7. The number of piperidine rings is 1. The molecule has 8 bridgehead atoms. The summed E-state index contributed by atoms with van der Waals surface area (Å²) in [5, 5.41) is 0. The first-order valence-corrected chi connectivity index (χ1v) is 20.5. The first-order valence-electron chi connectivity index (χ1n) is 20.5. The van der Waals surface area contributed by atoms with Crippen LogP contribution in [0.1, 0.15) is 191 Å². The summed E-state index contributed by atoms with van der Waals surface area (Å²) in [5.74, 6) is 1.50. The van der Waals surface area contributed by atoms with Crippen molar-refractivity contribution in [2.75, 3.05) is 13.1 Å². The number of hydrogen-bond donors (Lipinski definition) is 0. The van der Waals surface area contributed by atoms with Crippen molar-refractivity contribution in [3.63, 3.8) is 0 Å². The Labute approximate surface area is 315 Å². The van der Waals surface area contributed by atoms with Gasteiger partial charge in [-0.2, -0.15) is 0 Å². The van der Waals surface area contributed by atoms with Gasteiger partial charge in [-0.25, -0.2) is 9.97 Å². The Bertz CT molecular complexity index is 1910. The van der Waals surface area contributed by atoms with Gasteiger partial charge in [0.2, 0.25) is 0 Å². The maximum atomic E-state index is 5.61. The Morgan fingerprint density at radius 1 is 0.490 bits per heavy atom. The topological polar surface area (TPSA) is 57.2 Å². The quantitative estimate of drug-likeness (QED) is 0.169. The summed E-state index contributed by atoms with van der Waals surface area (Å²) in [6.07, 6.45) is 32.1. The molecular weight excluding hydrogens is 665 g/mol. The van der Waals surface area contributed by atoms with Gasteiger partial charge in [-0.15, -0.1) is 22.1 Å². The molecule has 3 aromatic heterocycles. The number of nitrogens with zero attached hydrogens (tertiary/aromatic N) is 5. The van der Waals surface area contributed by atoms with Gasteiger partial charge in [0.25, 0.3) is 0 Å². The molecule has 0 spiro atoms. The second-order valence-corrected chi connectivity index (χ2v) is 16.2. The zero-order chi connectivity index (χ0) is 33.4. The van der Waals surface area contributed by atoms with Crippen molar-refractivity contribution in [2.45, 2.75) is 146 Å². The molecule has 266 valence electrons. The molecule has 0 radical (unpaired) electrons. The molecule has 5 nitrogen and oxygen atoms in total. The van der Waals surface area contributed by atoms with Crippen LogP contribution < -0.4 is 9.97 Å². The van der Waals surface area contributed by atoms with Crippen LogP contribution in [0.25, 0.3) is 46.4 Å². The number of fused-ring (bicyclic) bond motifs is 8. The van der Waals surface area contributed by atoms with E-state index >= 15 is 0 Å². The van der Waals surface area contributed by atoms with Crippen LogP contribution in [-0.4, -0.2) is 28.0 Å². The van der Waals surface area contributed by atoms with Crippen molar-refractivity contribution in [1.29, 1.82) is 0 Å². The van der Waals surface area contributed by atoms with Gasteiger partial charge in [0, 0.05) is 6.04 Å². The fourth-order valence-electron chi connectivity index (χ4n) is 10.6. The predicted octanol–water partition coefficient (Wildman–Crippen LogP) is 11.6. The van der Waals surface area contributed by atoms with E-state index in [9.17, 15) is 0 Å². The Morgan fingerprint density at radius 3 is 1.24 bits per heavy atom. The Hall–Kier alpha value is -2.92. The minimum atomic E-state index is 0. The number of likely N-dealkylation sites (tertiary alicyclic amines) is 1. The van der Waals surface area contributed by atoms with Crippen molar-refractivity contribution >= 4 is 46.4 Å². The average Bonchev–Trinajstić information content (AvgIpc) is 4.01. The second kappa shape index (κ2) is 15.6. The number of aromatic nitrogens is 4. The van der Waals surface area contributed by atoms with E-state index in [1.165, 1.54) is 131 Å². The van der Waals surface area contributed by atoms with Gasteiger partial charge in [0.05, 0.1) is 22.8 Å². The minimum absolute atomic E-state index is 0. The normalized spacial score (nSPS) is 22.3. The average molecular weight is 721 g/mol. The van der Waals surface area contributed by atoms with Crippen LogP contribution in [0, 0.1) is 0 Å². The molecule has 6 heteroatoms. The van der Waals surface area contributed by atoms with Gasteiger partial charge in [-0.1, -0.05) is 95.4 Å². The Kier molecular flexibility index (Phi) is 10.7. The molecule has 1 atom stereocenters. The third-order valence-corrected chi connectivity index (χ3v) is 13.2. The van der Waals surface area contributed by atoms with Crippen molar-refractivity contribution in [1.82, 2.24) is 24.8 Å². The zero-order valence-corrected chi connectivity index (χ0v) is 31.9. The molecule has 0 N–H and O–H groups in total. The number of rotatable bonds is 5. The summed E-state index contributed by atoms with van der Waals surface area (Å²) in [5.41, 5.74) is 14.5. The molecular formula is C45H55MnN5+. The van der Waals surface area contributed by atoms with E-state index in [0.717, 1.165) is 64.4 Å². The van der Waals surface area contributed by atoms with Crippen molar-refractivity contribution < 1.29 is 17.1 Å². The van der Waals surface area contributed by atoms with Gasteiger partial charge in [-0.3, -0.25) is 4.90 Å². The van der Waals surface area contributed by atoms with Crippen molar-refractivity contribution in [3.05, 3.63) is 69.3 Å². The molecule has 3 aliphatic carbocycles. The molecule has 1 unspecified atom stereocenters. The van der Waals surface area contributed by atoms with Crippen molar-refractivity contribution in [3.8, 4) is 0 Å². The molecule has 9 rings (SSSR count). The van der Waals surface area contributed by atoms with Crippen LogP contribution >= 0.6 is 0 Å². The van der Waals surface area contributed by atoms with Crippen LogP contribution in [0.4, 0.5) is 0 Å². The minimum Gasteiger partial charge on any atom is -0.657 e. The van der Waals surface area contributed by atoms with Crippen LogP contribution in [0.15, 0.2) is 24.3 Å². The first kappa shape index (κ1) is 35.1. The van der Waals surface area contributed by atoms with Gasteiger partial charge < -0.3 is 9.97 Å². The fourth-order valence-corrected chi connectivity index (χ4v) is 10.6. The van der Waals surface area contributed by atoms with Gasteiger partial charge in [0.15, 0.2) is 0 Å². The van der Waals surface area contributed by atoms with E-state index < -0.39 is 0 Å². The molecule has 3 saturated carbocycles. The molecule has 4 fully saturated rings. The van der Waals surface area contributed by atoms with E-state index in [4.69, 9.17) is 19.9 Å². The summed E-state index contributed by atoms with van der Waals surface area (Å²) in [6.45, 7) is 4.52. The molecule has 3 aromatic rings. The molecule has 0 aromatic carbocycles. The summed E-state index contributed by atoms with van der Waals surface area (Å²) in [4.78, 5) is 25.1. The Balaban J connectivity index is 0.00000374. The van der Waals surface area contributed by atoms with Crippen LogP contribution in [-0.2, 0) is 17.1 Å². The summed E-state index contributed by atoms with van der Waals surface area (Å²) in [7, 11) is 0. The van der Waals surface area contributed by atoms with Gasteiger partial charge in [0.1, 0.15) is 0 Å². The molecule has 6 aliphatic rings. The van der Waals surface area contributed by atoms with E-state index in [0.29, 0.717) is 23.8 Å². The number of hydrogen-bond acceptors (Lipinski definition) is 3. The predicted molar refractivity (Wildman–Crippen MR) is 208 cm³/mol. The summed E-state index contributed by atoms with van der Waals surface area (Å²) >= 11 is 0. The van der Waals surface area contributed by atoms with E-state index in [2.05, 4.69) is 60.4 Å². The molecule has 3 aliphatic heterocycles. The monoisotopic (exact) mass is 720 g/mol. The van der Waals surface area contributed by atoms with Crippen LogP contribution in [0.3, 0.4) is 0 Å². The third kappa shape index (κ3) is 6.86. The fraction of sp³-hybridized carbons (Fsp3) is 0.556. The summed E-state index contributed by atoms with van der Waals surface area (Å²) < 4.78 is 0. The van der Waals surface area contributed by atoms with E-state index in [1.807, 2.05) is 0 Å². The van der Waals surface area contributed by atoms with Crippen molar-refractivity contribution in [2.24, 2.45) is 0 Å². The van der Waals surface area contributed by atoms with Crippen LogP contribution in [0.2, 0.25) is 0 Å². The second-order valence-electron chi connectivity index (χ2n) is 16.2. The molecule has 51 heavy (non-hydrogen) atoms. The van der Waals surface area contributed by atoms with Gasteiger partial charge in [-0.05, 0) is 129 Å². The van der Waals surface area contributed by atoms with Crippen LogP contribution in [0.5, 0.6) is 0 Å². The maximum Gasteiger partial charge on any atom is 3.00 e. The van der Waals surface area contributed by atoms with E-state index in [1.54, 1.807) is 0 Å². The SMILES string of the molecule is CCN1CCCCC1c1c2nc(c(C3CCCCC3)c3ccc([n-]3)c(C3CCCCC3)c3nc(c(C4CCCCC4)c4ccc1[n-]4)C=C3)C=C2.[Mn+3]. The first-order chi connectivity index (χ1) is 24.7. The Morgan fingerprint density at radius 2 is 0.843 bits per heavy atom. The summed E-state index contributed by atoms with van der Waals surface area (Å²) in [6, 6.07) is 9.63. The maximum absolute atomic E-state index is 5.61. The largest absolute Gasteiger partial charge is 3.00 e. The third-order valence-electron chi connectivity index (χ3n) is 13.2. The standard InChI is InChI=1S/C45H55N5.Mn/c1-2-50-29-13-12-20-41(50)45-39-27-25-37(48-39)43(31-16-8-4-9-17-31)35-23-21-33(46-35)42(30-14-6-3-7-15-30)34-22-24-36(47-34)44(32-18-10-5-11-19-32)38-26-28-40(45)49-38;/h21-28,30-32,41H,2-20,29H2,1H3;/q-2;+3. The molecule has 0 amide bonds. The van der Waals surface area contributed by atoms with Gasteiger partial charge >= 0.3 is 17.1 Å².